The molecular formula is C11H14ClN5O. The quantitative estimate of drug-likeness (QED) is 0.857. The maximum Gasteiger partial charge on any atom is 0.245 e. The maximum atomic E-state index is 6.04. The third-order valence-corrected chi connectivity index (χ3v) is 2.79. The second-order valence-electron chi connectivity index (χ2n) is 3.85. The van der Waals surface area contributed by atoms with Crippen LogP contribution in [0.15, 0.2) is 4.52 Å². The highest BCUT2D eigenvalue weighted by molar-refractivity contribution is 6.30. The number of hydrogen-bond acceptors (Lipinski definition) is 6. The number of rotatable bonds is 4. The van der Waals surface area contributed by atoms with E-state index in [9.17, 15) is 0 Å². The molecule has 6 nitrogen and oxygen atoms in total. The summed E-state index contributed by atoms with van der Waals surface area (Å²) in [5, 5.41) is 7.31. The van der Waals surface area contributed by atoms with Gasteiger partial charge in [-0.15, -0.1) is 0 Å². The first-order valence-electron chi connectivity index (χ1n) is 5.66. The molecule has 0 saturated heterocycles. The fraction of sp³-hybridized carbons (Fsp3) is 0.455. The van der Waals surface area contributed by atoms with Crippen molar-refractivity contribution in [3.05, 3.63) is 28.3 Å². The number of halogens is 1. The van der Waals surface area contributed by atoms with Crippen LogP contribution in [0.1, 0.15) is 30.0 Å². The number of aryl methyl sites for hydroxylation is 2. The Balaban J connectivity index is 2.15. The Morgan fingerprint density at radius 2 is 2.00 bits per heavy atom. The van der Waals surface area contributed by atoms with Crippen LogP contribution in [0.25, 0.3) is 0 Å². The van der Waals surface area contributed by atoms with Crippen LogP contribution in [-0.2, 0) is 13.0 Å². The van der Waals surface area contributed by atoms with E-state index >= 15 is 0 Å². The zero-order valence-electron chi connectivity index (χ0n) is 10.5. The predicted molar refractivity (Wildman–Crippen MR) is 67.5 cm³/mol. The third kappa shape index (κ3) is 2.76. The van der Waals surface area contributed by atoms with Crippen LogP contribution in [0.4, 0.5) is 5.82 Å². The summed E-state index contributed by atoms with van der Waals surface area (Å²) < 4.78 is 5.01. The molecule has 0 atom stereocenters. The third-order valence-electron chi connectivity index (χ3n) is 2.43. The lowest BCUT2D eigenvalue weighted by atomic mass is 10.3. The molecule has 2 aromatic heterocycles. The highest BCUT2D eigenvalue weighted by Gasteiger charge is 2.09. The average Bonchev–Trinajstić information content (AvgIpc) is 2.77. The van der Waals surface area contributed by atoms with Crippen molar-refractivity contribution in [1.82, 2.24) is 20.1 Å². The number of anilines is 1. The summed E-state index contributed by atoms with van der Waals surface area (Å²) in [4.78, 5) is 12.7. The van der Waals surface area contributed by atoms with E-state index in [4.69, 9.17) is 16.1 Å². The standard InChI is InChI=1S/C11H14ClN5O/c1-4-8-15-10(12)6(2)11(16-8)13-5-9-14-7(3)17-18-9/h4-5H2,1-3H3,(H,13,15,16). The van der Waals surface area contributed by atoms with Crippen molar-refractivity contribution in [2.24, 2.45) is 0 Å². The molecule has 2 aromatic rings. The lowest BCUT2D eigenvalue weighted by Crippen LogP contribution is -2.07. The molecule has 0 amide bonds. The fourth-order valence-corrected chi connectivity index (χ4v) is 1.62. The number of nitrogens with one attached hydrogen (secondary N) is 1. The molecule has 0 radical (unpaired) electrons. The van der Waals surface area contributed by atoms with Crippen LogP contribution in [0.5, 0.6) is 0 Å². The van der Waals surface area contributed by atoms with Crippen LogP contribution in [0.3, 0.4) is 0 Å². The van der Waals surface area contributed by atoms with Gasteiger partial charge in [0.25, 0.3) is 0 Å². The highest BCUT2D eigenvalue weighted by Crippen LogP contribution is 2.20. The zero-order chi connectivity index (χ0) is 13.1. The summed E-state index contributed by atoms with van der Waals surface area (Å²) in [5.74, 6) is 2.52. The topological polar surface area (TPSA) is 76.7 Å². The molecule has 0 fully saturated rings. The smallest absolute Gasteiger partial charge is 0.245 e. The maximum absolute atomic E-state index is 6.04. The SMILES string of the molecule is CCc1nc(Cl)c(C)c(NCc2nc(C)no2)n1. The minimum Gasteiger partial charge on any atom is -0.361 e. The molecule has 1 N–H and O–H groups in total. The van der Waals surface area contributed by atoms with Crippen molar-refractivity contribution in [3.63, 3.8) is 0 Å². The Labute approximate surface area is 110 Å². The second kappa shape index (κ2) is 5.30. The van der Waals surface area contributed by atoms with Crippen LogP contribution < -0.4 is 5.32 Å². The molecule has 0 aliphatic heterocycles. The van der Waals surface area contributed by atoms with Crippen LogP contribution in [0, 0.1) is 13.8 Å². The number of nitrogens with zero attached hydrogens (tertiary/aromatic N) is 4. The molecule has 0 bridgehead atoms. The van der Waals surface area contributed by atoms with Crippen molar-refractivity contribution < 1.29 is 4.52 Å². The van der Waals surface area contributed by atoms with E-state index in [0.29, 0.717) is 35.1 Å². The van der Waals surface area contributed by atoms with E-state index in [0.717, 1.165) is 12.0 Å². The Kier molecular flexibility index (Phi) is 3.76. The van der Waals surface area contributed by atoms with Crippen molar-refractivity contribution in [3.8, 4) is 0 Å². The lowest BCUT2D eigenvalue weighted by molar-refractivity contribution is 0.379. The summed E-state index contributed by atoms with van der Waals surface area (Å²) in [7, 11) is 0. The van der Waals surface area contributed by atoms with Gasteiger partial charge < -0.3 is 9.84 Å². The minimum atomic E-state index is 0.415. The van der Waals surface area contributed by atoms with Gasteiger partial charge in [-0.05, 0) is 13.8 Å². The van der Waals surface area contributed by atoms with Gasteiger partial charge in [-0.3, -0.25) is 0 Å². The van der Waals surface area contributed by atoms with E-state index in [-0.39, 0.29) is 0 Å². The minimum absolute atomic E-state index is 0.415. The Bertz CT molecular complexity index is 554. The van der Waals surface area contributed by atoms with Crippen molar-refractivity contribution in [2.75, 3.05) is 5.32 Å². The Morgan fingerprint density at radius 3 is 2.61 bits per heavy atom. The average molecular weight is 268 g/mol. The lowest BCUT2D eigenvalue weighted by Gasteiger charge is -2.09. The van der Waals surface area contributed by atoms with E-state index in [1.807, 2.05) is 13.8 Å². The van der Waals surface area contributed by atoms with Gasteiger partial charge in [0.05, 0.1) is 6.54 Å². The highest BCUT2D eigenvalue weighted by atomic mass is 35.5. The van der Waals surface area contributed by atoms with E-state index < -0.39 is 0 Å². The summed E-state index contributed by atoms with van der Waals surface area (Å²) in [6, 6.07) is 0. The molecule has 0 aromatic carbocycles. The second-order valence-corrected chi connectivity index (χ2v) is 4.20. The zero-order valence-corrected chi connectivity index (χ0v) is 11.2. The molecule has 2 rings (SSSR count). The molecule has 96 valence electrons. The van der Waals surface area contributed by atoms with E-state index in [2.05, 4.69) is 25.4 Å². The van der Waals surface area contributed by atoms with Crippen molar-refractivity contribution >= 4 is 17.4 Å². The summed E-state index contributed by atoms with van der Waals surface area (Å²) in [6.07, 6.45) is 0.731. The normalized spacial score (nSPS) is 10.7. The summed E-state index contributed by atoms with van der Waals surface area (Å²) >= 11 is 6.04. The van der Waals surface area contributed by atoms with Gasteiger partial charge in [-0.25, -0.2) is 9.97 Å². The first kappa shape index (κ1) is 12.8. The molecule has 0 aliphatic carbocycles. The van der Waals surface area contributed by atoms with Crippen molar-refractivity contribution in [1.29, 1.82) is 0 Å². The molecule has 0 aliphatic rings. The molecule has 0 unspecified atom stereocenters. The first-order valence-corrected chi connectivity index (χ1v) is 6.04. The predicted octanol–water partition coefficient (Wildman–Crippen LogP) is 2.30. The van der Waals surface area contributed by atoms with Gasteiger partial charge in [-0.1, -0.05) is 23.7 Å². The first-order chi connectivity index (χ1) is 8.60. The van der Waals surface area contributed by atoms with Gasteiger partial charge in [0.1, 0.15) is 16.8 Å². The van der Waals surface area contributed by atoms with Gasteiger partial charge in [0, 0.05) is 12.0 Å². The molecule has 0 spiro atoms. The van der Waals surface area contributed by atoms with Gasteiger partial charge in [0.15, 0.2) is 5.82 Å². The Morgan fingerprint density at radius 1 is 1.22 bits per heavy atom. The van der Waals surface area contributed by atoms with Crippen LogP contribution in [0.2, 0.25) is 5.15 Å². The van der Waals surface area contributed by atoms with E-state index in [1.165, 1.54) is 0 Å². The monoisotopic (exact) mass is 267 g/mol. The van der Waals surface area contributed by atoms with Gasteiger partial charge in [-0.2, -0.15) is 4.98 Å². The van der Waals surface area contributed by atoms with Crippen molar-refractivity contribution in [2.45, 2.75) is 33.7 Å². The van der Waals surface area contributed by atoms with E-state index in [1.54, 1.807) is 6.92 Å². The number of hydrogen-bond donors (Lipinski definition) is 1. The fourth-order valence-electron chi connectivity index (χ4n) is 1.43. The van der Waals surface area contributed by atoms with Crippen LogP contribution in [-0.4, -0.2) is 20.1 Å². The van der Waals surface area contributed by atoms with Crippen LogP contribution >= 0.6 is 11.6 Å². The molecular weight excluding hydrogens is 254 g/mol. The summed E-state index contributed by atoms with van der Waals surface area (Å²) in [5.41, 5.74) is 0.810. The molecule has 0 saturated carbocycles. The largest absolute Gasteiger partial charge is 0.361 e. The van der Waals surface area contributed by atoms with Gasteiger partial charge >= 0.3 is 0 Å². The molecule has 18 heavy (non-hydrogen) atoms. The molecule has 2 heterocycles. The summed E-state index contributed by atoms with van der Waals surface area (Å²) in [6.45, 7) is 6.03. The number of aromatic nitrogens is 4. The van der Waals surface area contributed by atoms with Gasteiger partial charge in [0.2, 0.25) is 5.89 Å². The molecule has 7 heteroatoms. The Hall–Kier alpha value is -1.69.